The van der Waals surface area contributed by atoms with E-state index in [-0.39, 0.29) is 0 Å². The Morgan fingerprint density at radius 1 is 1.35 bits per heavy atom. The molecular weight excluding hydrogens is 212 g/mol. The third-order valence-corrected chi connectivity index (χ3v) is 4.31. The fourth-order valence-electron chi connectivity index (χ4n) is 3.19. The minimum Gasteiger partial charge on any atom is -0.310 e. The molecule has 3 atom stereocenters. The molecule has 0 amide bonds. The van der Waals surface area contributed by atoms with E-state index in [0.29, 0.717) is 12.1 Å². The Hall–Kier alpha value is -0.870. The Labute approximate surface area is 103 Å². The van der Waals surface area contributed by atoms with Gasteiger partial charge in [0.15, 0.2) is 0 Å². The van der Waals surface area contributed by atoms with Crippen LogP contribution in [0.3, 0.4) is 0 Å². The lowest BCUT2D eigenvalue weighted by Crippen LogP contribution is -2.36. The average Bonchev–Trinajstić information content (AvgIpc) is 2.84. The van der Waals surface area contributed by atoms with E-state index in [2.05, 4.69) is 28.4 Å². The van der Waals surface area contributed by atoms with E-state index in [4.69, 9.17) is 0 Å². The number of hydrogen-bond acceptors (Lipinski definition) is 3. The molecule has 2 fully saturated rings. The molecule has 1 aromatic rings. The van der Waals surface area contributed by atoms with Crippen LogP contribution in [0, 0.1) is 0 Å². The molecule has 2 aliphatic rings. The number of hydrogen-bond donors (Lipinski definition) is 1. The molecule has 2 saturated heterocycles. The molecule has 0 aliphatic carbocycles. The molecule has 2 bridgehead atoms. The van der Waals surface area contributed by atoms with Gasteiger partial charge in [-0.3, -0.25) is 9.58 Å². The maximum Gasteiger partial charge on any atom is 0.0537 e. The van der Waals surface area contributed by atoms with Crippen LogP contribution in [0.15, 0.2) is 12.4 Å². The summed E-state index contributed by atoms with van der Waals surface area (Å²) in [4.78, 5) is 2.60. The van der Waals surface area contributed by atoms with E-state index in [0.717, 1.165) is 6.04 Å². The summed E-state index contributed by atoms with van der Waals surface area (Å²) >= 11 is 0. The number of nitrogens with zero attached hydrogens (tertiary/aromatic N) is 3. The number of nitrogens with one attached hydrogen (secondary N) is 1. The monoisotopic (exact) mass is 234 g/mol. The first kappa shape index (κ1) is 11.2. The Balaban J connectivity index is 1.71. The van der Waals surface area contributed by atoms with E-state index in [9.17, 15) is 0 Å². The summed E-state index contributed by atoms with van der Waals surface area (Å²) in [5.74, 6) is 0. The van der Waals surface area contributed by atoms with E-state index in [1.165, 1.54) is 37.9 Å². The van der Waals surface area contributed by atoms with Crippen molar-refractivity contribution in [1.82, 2.24) is 20.0 Å². The van der Waals surface area contributed by atoms with Crippen LogP contribution < -0.4 is 5.32 Å². The zero-order chi connectivity index (χ0) is 11.8. The molecule has 0 spiro atoms. The molecule has 4 nitrogen and oxygen atoms in total. The van der Waals surface area contributed by atoms with Crippen molar-refractivity contribution in [2.24, 2.45) is 7.05 Å². The van der Waals surface area contributed by atoms with E-state index >= 15 is 0 Å². The van der Waals surface area contributed by atoms with Crippen molar-refractivity contribution in [1.29, 1.82) is 0 Å². The third-order valence-electron chi connectivity index (χ3n) is 4.31. The molecule has 4 heteroatoms. The van der Waals surface area contributed by atoms with Crippen molar-refractivity contribution in [3.8, 4) is 0 Å². The minimum atomic E-state index is 0.491. The SMILES string of the molecule is CC(c1cnn(C)c1)N1CCC2CCC(C1)N2. The van der Waals surface area contributed by atoms with Crippen LogP contribution in [0.4, 0.5) is 0 Å². The maximum atomic E-state index is 4.28. The highest BCUT2D eigenvalue weighted by atomic mass is 15.3. The molecule has 1 N–H and O–H groups in total. The first-order valence-corrected chi connectivity index (χ1v) is 6.71. The van der Waals surface area contributed by atoms with Crippen LogP contribution in [0.25, 0.3) is 0 Å². The van der Waals surface area contributed by atoms with Gasteiger partial charge in [-0.1, -0.05) is 0 Å². The second kappa shape index (κ2) is 4.42. The van der Waals surface area contributed by atoms with Crippen LogP contribution in [0.2, 0.25) is 0 Å². The minimum absolute atomic E-state index is 0.491. The summed E-state index contributed by atoms with van der Waals surface area (Å²) in [6, 6.07) is 1.97. The van der Waals surface area contributed by atoms with Crippen molar-refractivity contribution >= 4 is 0 Å². The molecule has 1 aromatic heterocycles. The lowest BCUT2D eigenvalue weighted by molar-refractivity contribution is 0.200. The molecule has 0 aromatic carbocycles. The van der Waals surface area contributed by atoms with Crippen LogP contribution in [0.5, 0.6) is 0 Å². The lowest BCUT2D eigenvalue weighted by Gasteiger charge is -2.29. The molecule has 17 heavy (non-hydrogen) atoms. The zero-order valence-corrected chi connectivity index (χ0v) is 10.8. The Kier molecular flexibility index (Phi) is 2.92. The zero-order valence-electron chi connectivity index (χ0n) is 10.8. The molecule has 94 valence electrons. The number of likely N-dealkylation sites (tertiary alicyclic amines) is 1. The van der Waals surface area contributed by atoms with Gasteiger partial charge in [0.25, 0.3) is 0 Å². The molecule has 3 rings (SSSR count). The predicted octanol–water partition coefficient (Wildman–Crippen LogP) is 1.31. The predicted molar refractivity (Wildman–Crippen MR) is 67.8 cm³/mol. The van der Waals surface area contributed by atoms with Gasteiger partial charge in [-0.15, -0.1) is 0 Å². The first-order chi connectivity index (χ1) is 8.22. The van der Waals surface area contributed by atoms with Gasteiger partial charge in [0.05, 0.1) is 6.20 Å². The Morgan fingerprint density at radius 2 is 2.18 bits per heavy atom. The van der Waals surface area contributed by atoms with Crippen LogP contribution in [-0.2, 0) is 7.05 Å². The van der Waals surface area contributed by atoms with Gasteiger partial charge in [-0.25, -0.2) is 0 Å². The first-order valence-electron chi connectivity index (χ1n) is 6.71. The van der Waals surface area contributed by atoms with Crippen molar-refractivity contribution in [3.63, 3.8) is 0 Å². The highest BCUT2D eigenvalue weighted by Crippen LogP contribution is 2.26. The van der Waals surface area contributed by atoms with Gasteiger partial charge in [0.1, 0.15) is 0 Å². The summed E-state index contributed by atoms with van der Waals surface area (Å²) < 4.78 is 1.90. The summed E-state index contributed by atoms with van der Waals surface area (Å²) in [6.07, 6.45) is 8.16. The fraction of sp³-hybridized carbons (Fsp3) is 0.769. The fourth-order valence-corrected chi connectivity index (χ4v) is 3.19. The summed E-state index contributed by atoms with van der Waals surface area (Å²) in [7, 11) is 1.99. The quantitative estimate of drug-likeness (QED) is 0.837. The summed E-state index contributed by atoms with van der Waals surface area (Å²) in [6.45, 7) is 4.70. The molecule has 3 unspecified atom stereocenters. The molecule has 3 heterocycles. The summed E-state index contributed by atoms with van der Waals surface area (Å²) in [5, 5.41) is 8.01. The van der Waals surface area contributed by atoms with Crippen LogP contribution >= 0.6 is 0 Å². The second-order valence-electron chi connectivity index (χ2n) is 5.54. The summed E-state index contributed by atoms with van der Waals surface area (Å²) in [5.41, 5.74) is 1.34. The van der Waals surface area contributed by atoms with Crippen molar-refractivity contribution in [2.45, 2.75) is 44.3 Å². The second-order valence-corrected chi connectivity index (χ2v) is 5.54. The van der Waals surface area contributed by atoms with Gasteiger partial charge in [-0.2, -0.15) is 5.10 Å². The lowest BCUT2D eigenvalue weighted by atomic mass is 10.1. The van der Waals surface area contributed by atoms with Crippen molar-refractivity contribution in [3.05, 3.63) is 18.0 Å². The molecular formula is C13H22N4. The van der Waals surface area contributed by atoms with Gasteiger partial charge in [0, 0.05) is 50.0 Å². The smallest absolute Gasteiger partial charge is 0.0537 e. The molecule has 0 radical (unpaired) electrons. The highest BCUT2D eigenvalue weighted by molar-refractivity contribution is 5.10. The van der Waals surface area contributed by atoms with Gasteiger partial charge < -0.3 is 5.32 Å². The normalized spacial score (nSPS) is 31.4. The largest absolute Gasteiger partial charge is 0.310 e. The topological polar surface area (TPSA) is 33.1 Å². The molecule has 0 saturated carbocycles. The number of aryl methyl sites for hydroxylation is 1. The Morgan fingerprint density at radius 3 is 2.94 bits per heavy atom. The maximum absolute atomic E-state index is 4.28. The Bertz CT molecular complexity index is 387. The van der Waals surface area contributed by atoms with Gasteiger partial charge >= 0.3 is 0 Å². The van der Waals surface area contributed by atoms with E-state index in [1.54, 1.807) is 0 Å². The molecule has 2 aliphatic heterocycles. The van der Waals surface area contributed by atoms with Gasteiger partial charge in [-0.05, 0) is 26.2 Å². The van der Waals surface area contributed by atoms with Crippen LogP contribution in [0.1, 0.15) is 37.8 Å². The number of rotatable bonds is 2. The van der Waals surface area contributed by atoms with Crippen LogP contribution in [-0.4, -0.2) is 39.9 Å². The number of aromatic nitrogens is 2. The standard InChI is InChI=1S/C13H22N4/c1-10(11-7-14-16(2)8-11)17-6-5-12-3-4-13(9-17)15-12/h7-8,10,12-13,15H,3-6,9H2,1-2H3. The third kappa shape index (κ3) is 2.24. The average molecular weight is 234 g/mol. The number of fused-ring (bicyclic) bond motifs is 2. The van der Waals surface area contributed by atoms with Gasteiger partial charge in [0.2, 0.25) is 0 Å². The van der Waals surface area contributed by atoms with Crippen molar-refractivity contribution < 1.29 is 0 Å². The van der Waals surface area contributed by atoms with E-state index < -0.39 is 0 Å². The van der Waals surface area contributed by atoms with E-state index in [1.807, 2.05) is 17.9 Å². The highest BCUT2D eigenvalue weighted by Gasteiger charge is 2.31. The van der Waals surface area contributed by atoms with Crippen molar-refractivity contribution in [2.75, 3.05) is 13.1 Å².